The number of nitrogens with zero attached hydrogens (tertiary/aromatic N) is 2. The quantitative estimate of drug-likeness (QED) is 0.698. The number of imidazole rings is 1. The molecule has 0 atom stereocenters. The summed E-state index contributed by atoms with van der Waals surface area (Å²) in [5.74, 6) is -0.0626. The fourth-order valence-electron chi connectivity index (χ4n) is 2.58. The molecule has 0 spiro atoms. The van der Waals surface area contributed by atoms with Gasteiger partial charge in [0.05, 0.1) is 6.20 Å². The van der Waals surface area contributed by atoms with Crippen LogP contribution in [-0.4, -0.2) is 10.5 Å². The van der Waals surface area contributed by atoms with Gasteiger partial charge in [-0.3, -0.25) is 4.79 Å². The molecule has 0 aliphatic rings. The van der Waals surface area contributed by atoms with Crippen molar-refractivity contribution in [2.24, 2.45) is 0 Å². The highest BCUT2D eigenvalue weighted by Crippen LogP contribution is 2.20. The first-order chi connectivity index (χ1) is 11.1. The van der Waals surface area contributed by atoms with Crippen molar-refractivity contribution < 1.29 is 9.36 Å². The molecular formula is C18H17BrN3O+. The lowest BCUT2D eigenvalue weighted by molar-refractivity contribution is -0.658. The summed E-state index contributed by atoms with van der Waals surface area (Å²) >= 11 is 3.43. The lowest BCUT2D eigenvalue weighted by Crippen LogP contribution is -2.39. The van der Waals surface area contributed by atoms with E-state index in [1.165, 1.54) is 0 Å². The van der Waals surface area contributed by atoms with E-state index >= 15 is 0 Å². The van der Waals surface area contributed by atoms with Crippen LogP contribution in [0.3, 0.4) is 0 Å². The first-order valence-corrected chi connectivity index (χ1v) is 8.05. The number of amides is 1. The van der Waals surface area contributed by atoms with Crippen molar-refractivity contribution in [2.45, 2.75) is 13.5 Å². The average molecular weight is 371 g/mol. The average Bonchev–Trinajstić information content (AvgIpc) is 2.88. The third kappa shape index (κ3) is 3.19. The second-order valence-corrected chi connectivity index (χ2v) is 6.25. The van der Waals surface area contributed by atoms with Gasteiger partial charge in [0.15, 0.2) is 17.6 Å². The van der Waals surface area contributed by atoms with Crippen LogP contribution in [0, 0.1) is 6.92 Å². The Balaban J connectivity index is 1.84. The van der Waals surface area contributed by atoms with Crippen molar-refractivity contribution >= 4 is 44.8 Å². The summed E-state index contributed by atoms with van der Waals surface area (Å²) in [7, 11) is 0. The molecular weight excluding hydrogens is 354 g/mol. The molecule has 116 valence electrons. The summed E-state index contributed by atoms with van der Waals surface area (Å²) in [5, 5.41) is 2.96. The number of anilines is 1. The SMILES string of the molecule is C=Cn1c[n+](CC(=O)Nc2ccc(Br)cc2C)c2ccccc21. The summed E-state index contributed by atoms with van der Waals surface area (Å²) in [4.78, 5) is 12.4. The molecule has 1 aromatic heterocycles. The molecule has 5 heteroatoms. The van der Waals surface area contributed by atoms with Crippen LogP contribution in [-0.2, 0) is 11.3 Å². The van der Waals surface area contributed by atoms with Crippen molar-refractivity contribution in [1.82, 2.24) is 4.57 Å². The van der Waals surface area contributed by atoms with Gasteiger partial charge in [-0.25, -0.2) is 9.13 Å². The van der Waals surface area contributed by atoms with E-state index in [2.05, 4.69) is 27.8 Å². The fourth-order valence-corrected chi connectivity index (χ4v) is 3.06. The van der Waals surface area contributed by atoms with Crippen molar-refractivity contribution in [3.8, 4) is 0 Å². The van der Waals surface area contributed by atoms with E-state index in [-0.39, 0.29) is 12.5 Å². The summed E-state index contributed by atoms with van der Waals surface area (Å²) in [5.41, 5.74) is 3.86. The lowest BCUT2D eigenvalue weighted by atomic mass is 10.2. The van der Waals surface area contributed by atoms with Gasteiger partial charge in [0.25, 0.3) is 5.91 Å². The molecule has 0 fully saturated rings. The Labute approximate surface area is 143 Å². The van der Waals surface area contributed by atoms with Crippen LogP contribution >= 0.6 is 15.9 Å². The Hall–Kier alpha value is -2.40. The molecule has 0 unspecified atom stereocenters. The molecule has 0 aliphatic carbocycles. The van der Waals surface area contributed by atoms with E-state index in [4.69, 9.17) is 0 Å². The number of benzene rings is 2. The molecule has 1 heterocycles. The molecule has 2 aromatic carbocycles. The minimum atomic E-state index is -0.0626. The van der Waals surface area contributed by atoms with Crippen LogP contribution in [0.15, 0.2) is 59.8 Å². The highest BCUT2D eigenvalue weighted by molar-refractivity contribution is 9.10. The van der Waals surface area contributed by atoms with Gasteiger partial charge in [0.2, 0.25) is 6.33 Å². The Kier molecular flexibility index (Phi) is 4.30. The number of aromatic nitrogens is 2. The molecule has 0 bridgehead atoms. The first-order valence-electron chi connectivity index (χ1n) is 7.26. The second kappa shape index (κ2) is 6.38. The van der Waals surface area contributed by atoms with Gasteiger partial charge < -0.3 is 5.32 Å². The maximum Gasteiger partial charge on any atom is 0.266 e. The van der Waals surface area contributed by atoms with Gasteiger partial charge >= 0.3 is 0 Å². The lowest BCUT2D eigenvalue weighted by Gasteiger charge is -2.07. The highest BCUT2D eigenvalue weighted by atomic mass is 79.9. The Morgan fingerprint density at radius 1 is 1.35 bits per heavy atom. The molecule has 23 heavy (non-hydrogen) atoms. The molecule has 1 amide bonds. The van der Waals surface area contributed by atoms with Crippen LogP contribution in [0.4, 0.5) is 5.69 Å². The molecule has 4 nitrogen and oxygen atoms in total. The molecule has 3 rings (SSSR count). The van der Waals surface area contributed by atoms with E-state index < -0.39 is 0 Å². The maximum atomic E-state index is 12.4. The monoisotopic (exact) mass is 370 g/mol. The zero-order chi connectivity index (χ0) is 16.4. The number of carbonyl (C=O) groups is 1. The van der Waals surface area contributed by atoms with Crippen molar-refractivity contribution in [3.05, 3.63) is 65.4 Å². The molecule has 0 aliphatic heterocycles. The van der Waals surface area contributed by atoms with Gasteiger partial charge in [-0.05, 0) is 42.8 Å². The number of rotatable bonds is 4. The minimum Gasteiger partial charge on any atom is -0.322 e. The van der Waals surface area contributed by atoms with Crippen LogP contribution in [0.1, 0.15) is 5.56 Å². The summed E-state index contributed by atoms with van der Waals surface area (Å²) < 4.78 is 4.82. The third-order valence-electron chi connectivity index (χ3n) is 3.71. The first kappa shape index (κ1) is 15.5. The number of para-hydroxylation sites is 2. The Morgan fingerprint density at radius 3 is 2.87 bits per heavy atom. The smallest absolute Gasteiger partial charge is 0.266 e. The predicted molar refractivity (Wildman–Crippen MR) is 96.0 cm³/mol. The fraction of sp³-hybridized carbons (Fsp3) is 0.111. The van der Waals surface area contributed by atoms with Crippen LogP contribution in [0.5, 0.6) is 0 Å². The van der Waals surface area contributed by atoms with Crippen molar-refractivity contribution in [2.75, 3.05) is 5.32 Å². The number of aryl methyl sites for hydroxylation is 1. The van der Waals surface area contributed by atoms with Gasteiger partial charge in [-0.15, -0.1) is 0 Å². The number of carbonyl (C=O) groups excluding carboxylic acids is 1. The number of nitrogens with one attached hydrogen (secondary N) is 1. The number of fused-ring (bicyclic) bond motifs is 1. The number of hydrogen-bond acceptors (Lipinski definition) is 1. The zero-order valence-electron chi connectivity index (χ0n) is 12.8. The molecule has 3 aromatic rings. The summed E-state index contributed by atoms with van der Waals surface area (Å²) in [6, 6.07) is 13.7. The summed E-state index contributed by atoms with van der Waals surface area (Å²) in [6.45, 7) is 6.02. The van der Waals surface area contributed by atoms with E-state index in [1.807, 2.05) is 64.8 Å². The van der Waals surface area contributed by atoms with Crippen LogP contribution in [0.2, 0.25) is 0 Å². The van der Waals surface area contributed by atoms with Crippen molar-refractivity contribution in [3.63, 3.8) is 0 Å². The van der Waals surface area contributed by atoms with Gasteiger partial charge in [-0.1, -0.05) is 34.6 Å². The van der Waals surface area contributed by atoms with Crippen LogP contribution in [0.25, 0.3) is 17.2 Å². The molecule has 0 saturated carbocycles. The normalized spacial score (nSPS) is 10.7. The van der Waals surface area contributed by atoms with Crippen LogP contribution < -0.4 is 9.88 Å². The largest absolute Gasteiger partial charge is 0.322 e. The molecule has 0 saturated heterocycles. The van der Waals surface area contributed by atoms with E-state index in [1.54, 1.807) is 6.20 Å². The minimum absolute atomic E-state index is 0.0626. The number of halogens is 1. The molecule has 1 N–H and O–H groups in total. The Morgan fingerprint density at radius 2 is 2.13 bits per heavy atom. The van der Waals surface area contributed by atoms with E-state index in [0.717, 1.165) is 26.8 Å². The topological polar surface area (TPSA) is 37.9 Å². The third-order valence-corrected chi connectivity index (χ3v) is 4.20. The highest BCUT2D eigenvalue weighted by Gasteiger charge is 2.16. The standard InChI is InChI=1S/C18H16BrN3O/c1-3-21-12-22(17-7-5-4-6-16(17)21)11-18(23)20-15-9-8-14(19)10-13(15)2/h3-10,12H,1,11H2,2H3/p+1. The predicted octanol–water partition coefficient (Wildman–Crippen LogP) is 3.74. The number of hydrogen-bond donors (Lipinski definition) is 1. The second-order valence-electron chi connectivity index (χ2n) is 5.33. The van der Waals surface area contributed by atoms with Crippen molar-refractivity contribution in [1.29, 1.82) is 0 Å². The Bertz CT molecular complexity index is 898. The van der Waals surface area contributed by atoms with Gasteiger partial charge in [-0.2, -0.15) is 0 Å². The van der Waals surface area contributed by atoms with Gasteiger partial charge in [0.1, 0.15) is 0 Å². The van der Waals surface area contributed by atoms with Gasteiger partial charge in [0, 0.05) is 10.2 Å². The van der Waals surface area contributed by atoms with E-state index in [9.17, 15) is 4.79 Å². The maximum absolute atomic E-state index is 12.4. The summed E-state index contributed by atoms with van der Waals surface area (Å²) in [6.07, 6.45) is 3.61. The molecule has 0 radical (unpaired) electrons. The van der Waals surface area contributed by atoms with E-state index in [0.29, 0.717) is 0 Å². The zero-order valence-corrected chi connectivity index (χ0v) is 14.4.